The Labute approximate surface area is 108 Å². The highest BCUT2D eigenvalue weighted by atomic mass is 16.5. The summed E-state index contributed by atoms with van der Waals surface area (Å²) in [6.45, 7) is 8.49. The summed E-state index contributed by atoms with van der Waals surface area (Å²) >= 11 is 0. The predicted octanol–water partition coefficient (Wildman–Crippen LogP) is 2.33. The Hall–Kier alpha value is -1.29. The molecule has 4 nitrogen and oxygen atoms in total. The molecule has 0 heterocycles. The molecule has 0 aliphatic heterocycles. The maximum absolute atomic E-state index is 11.8. The van der Waals surface area contributed by atoms with Crippen molar-refractivity contribution in [3.63, 3.8) is 0 Å². The standard InChI is InChI=1S/C14H22O4/c1-4-7-9-17-11-12(15)14(16,6-3)13(11)18-10-8-5-2/h6,16H,3-5,7-10H2,1-2H3. The number of hydrogen-bond acceptors (Lipinski definition) is 4. The normalized spacial score (nSPS) is 22.7. The number of carbonyl (C=O) groups is 1. The van der Waals surface area contributed by atoms with E-state index in [0.717, 1.165) is 25.7 Å². The number of hydrogen-bond donors (Lipinski definition) is 1. The van der Waals surface area contributed by atoms with Crippen molar-refractivity contribution in [1.29, 1.82) is 0 Å². The van der Waals surface area contributed by atoms with Crippen molar-refractivity contribution in [3.05, 3.63) is 24.2 Å². The molecule has 1 aliphatic rings. The molecule has 0 spiro atoms. The van der Waals surface area contributed by atoms with Gasteiger partial charge in [-0.1, -0.05) is 33.3 Å². The summed E-state index contributed by atoms with van der Waals surface area (Å²) in [5, 5.41) is 10.0. The fourth-order valence-electron chi connectivity index (χ4n) is 1.62. The zero-order valence-corrected chi connectivity index (χ0v) is 11.2. The molecule has 0 fully saturated rings. The van der Waals surface area contributed by atoms with Gasteiger partial charge in [0.2, 0.25) is 17.1 Å². The minimum Gasteiger partial charge on any atom is -0.490 e. The maximum atomic E-state index is 11.8. The summed E-state index contributed by atoms with van der Waals surface area (Å²) in [5.74, 6) is -0.0888. The first-order valence-corrected chi connectivity index (χ1v) is 6.52. The van der Waals surface area contributed by atoms with Gasteiger partial charge in [-0.3, -0.25) is 4.79 Å². The zero-order chi connectivity index (χ0) is 13.6. The summed E-state index contributed by atoms with van der Waals surface area (Å²) in [7, 11) is 0. The highest BCUT2D eigenvalue weighted by molar-refractivity contribution is 6.11. The minimum absolute atomic E-state index is 0.155. The van der Waals surface area contributed by atoms with Gasteiger partial charge in [-0.05, 0) is 18.9 Å². The van der Waals surface area contributed by atoms with Crippen LogP contribution in [-0.2, 0) is 14.3 Å². The summed E-state index contributed by atoms with van der Waals surface area (Å²) in [4.78, 5) is 11.8. The molecule has 18 heavy (non-hydrogen) atoms. The van der Waals surface area contributed by atoms with Gasteiger partial charge in [0, 0.05) is 0 Å². The number of unbranched alkanes of at least 4 members (excludes halogenated alkanes) is 2. The lowest BCUT2D eigenvalue weighted by Gasteiger charge is -2.35. The first-order valence-electron chi connectivity index (χ1n) is 6.52. The van der Waals surface area contributed by atoms with Gasteiger partial charge >= 0.3 is 0 Å². The van der Waals surface area contributed by atoms with Gasteiger partial charge in [0.15, 0.2) is 5.76 Å². The van der Waals surface area contributed by atoms with Gasteiger partial charge in [0.05, 0.1) is 13.2 Å². The van der Waals surface area contributed by atoms with Crippen LogP contribution in [0.1, 0.15) is 39.5 Å². The van der Waals surface area contributed by atoms with E-state index < -0.39 is 11.4 Å². The number of carbonyl (C=O) groups excluding carboxylic acids is 1. The van der Waals surface area contributed by atoms with E-state index in [4.69, 9.17) is 9.47 Å². The van der Waals surface area contributed by atoms with Crippen molar-refractivity contribution >= 4 is 5.78 Å². The highest BCUT2D eigenvalue weighted by Gasteiger charge is 2.54. The molecule has 0 saturated heterocycles. The lowest BCUT2D eigenvalue weighted by Crippen LogP contribution is -2.51. The lowest BCUT2D eigenvalue weighted by molar-refractivity contribution is -0.141. The monoisotopic (exact) mass is 254 g/mol. The third kappa shape index (κ3) is 2.75. The van der Waals surface area contributed by atoms with Gasteiger partial charge in [-0.25, -0.2) is 0 Å². The molecule has 1 unspecified atom stereocenters. The molecule has 1 rings (SSSR count). The molecule has 0 radical (unpaired) electrons. The van der Waals surface area contributed by atoms with Gasteiger partial charge in [-0.2, -0.15) is 0 Å². The minimum atomic E-state index is -1.69. The van der Waals surface area contributed by atoms with Crippen LogP contribution in [0.25, 0.3) is 0 Å². The van der Waals surface area contributed by atoms with Gasteiger partial charge in [0.1, 0.15) is 0 Å². The third-order valence-corrected chi connectivity index (χ3v) is 2.89. The van der Waals surface area contributed by atoms with Crippen molar-refractivity contribution in [2.24, 2.45) is 0 Å². The van der Waals surface area contributed by atoms with Crippen molar-refractivity contribution in [2.75, 3.05) is 13.2 Å². The highest BCUT2D eigenvalue weighted by Crippen LogP contribution is 2.37. The van der Waals surface area contributed by atoms with Crippen molar-refractivity contribution in [3.8, 4) is 0 Å². The molecule has 0 bridgehead atoms. The molecule has 0 aromatic rings. The molecule has 0 aromatic heterocycles. The van der Waals surface area contributed by atoms with E-state index >= 15 is 0 Å². The first kappa shape index (κ1) is 14.8. The number of aliphatic hydroxyl groups is 1. The molecule has 0 saturated carbocycles. The topological polar surface area (TPSA) is 55.8 Å². The van der Waals surface area contributed by atoms with E-state index in [-0.39, 0.29) is 11.5 Å². The fraction of sp³-hybridized carbons (Fsp3) is 0.643. The van der Waals surface area contributed by atoms with Crippen molar-refractivity contribution in [2.45, 2.75) is 45.1 Å². The van der Waals surface area contributed by atoms with Crippen LogP contribution in [0, 0.1) is 0 Å². The molecule has 1 aliphatic carbocycles. The molecule has 0 amide bonds. The average molecular weight is 254 g/mol. The van der Waals surface area contributed by atoms with Crippen LogP contribution < -0.4 is 0 Å². The summed E-state index contributed by atoms with van der Waals surface area (Å²) in [6, 6.07) is 0. The van der Waals surface area contributed by atoms with Crippen LogP contribution in [0.4, 0.5) is 0 Å². The summed E-state index contributed by atoms with van der Waals surface area (Å²) in [5.41, 5.74) is -1.69. The summed E-state index contributed by atoms with van der Waals surface area (Å²) in [6.07, 6.45) is 4.90. The molecule has 1 atom stereocenters. The molecule has 102 valence electrons. The van der Waals surface area contributed by atoms with E-state index in [9.17, 15) is 9.90 Å². The Morgan fingerprint density at radius 1 is 1.22 bits per heavy atom. The Balaban J connectivity index is 2.71. The van der Waals surface area contributed by atoms with E-state index in [2.05, 4.69) is 6.58 Å². The maximum Gasteiger partial charge on any atom is 0.244 e. The van der Waals surface area contributed by atoms with E-state index in [0.29, 0.717) is 13.2 Å². The third-order valence-electron chi connectivity index (χ3n) is 2.89. The number of ether oxygens (including phenoxy) is 2. The van der Waals surface area contributed by atoms with Crippen molar-refractivity contribution in [1.82, 2.24) is 0 Å². The van der Waals surface area contributed by atoms with Gasteiger partial charge < -0.3 is 14.6 Å². The van der Waals surface area contributed by atoms with Crippen LogP contribution in [0.3, 0.4) is 0 Å². The van der Waals surface area contributed by atoms with E-state index in [1.807, 2.05) is 13.8 Å². The Bertz CT molecular complexity index is 346. The number of ketones is 1. The quantitative estimate of drug-likeness (QED) is 0.507. The number of rotatable bonds is 9. The Kier molecular flexibility index (Phi) is 5.41. The largest absolute Gasteiger partial charge is 0.490 e. The van der Waals surface area contributed by atoms with Crippen LogP contribution in [0.15, 0.2) is 24.2 Å². The van der Waals surface area contributed by atoms with Gasteiger partial charge in [-0.15, -0.1) is 0 Å². The summed E-state index contributed by atoms with van der Waals surface area (Å²) < 4.78 is 10.8. The van der Waals surface area contributed by atoms with Crippen molar-refractivity contribution < 1.29 is 19.4 Å². The lowest BCUT2D eigenvalue weighted by atomic mass is 9.83. The molecule has 0 aromatic carbocycles. The van der Waals surface area contributed by atoms with Gasteiger partial charge in [0.25, 0.3) is 0 Å². The van der Waals surface area contributed by atoms with Crippen LogP contribution in [0.5, 0.6) is 0 Å². The zero-order valence-electron chi connectivity index (χ0n) is 11.2. The smallest absolute Gasteiger partial charge is 0.244 e. The van der Waals surface area contributed by atoms with Crippen LogP contribution in [0.2, 0.25) is 0 Å². The average Bonchev–Trinajstić information content (AvgIpc) is 2.40. The molecular weight excluding hydrogens is 232 g/mol. The fourth-order valence-corrected chi connectivity index (χ4v) is 1.62. The second-order valence-electron chi connectivity index (χ2n) is 4.36. The second kappa shape index (κ2) is 6.59. The van der Waals surface area contributed by atoms with E-state index in [1.54, 1.807) is 0 Å². The first-order chi connectivity index (χ1) is 8.61. The number of Topliss-reactive ketones (excluding diaryl/α,β-unsaturated/α-hetero) is 1. The second-order valence-corrected chi connectivity index (χ2v) is 4.36. The van der Waals surface area contributed by atoms with Crippen LogP contribution in [-0.4, -0.2) is 29.7 Å². The molecule has 4 heteroatoms. The molecular formula is C14H22O4. The van der Waals surface area contributed by atoms with E-state index in [1.165, 1.54) is 6.08 Å². The Morgan fingerprint density at radius 3 is 2.28 bits per heavy atom. The SMILES string of the molecule is C=CC1(O)C(=O)C(OCCCC)=C1OCCCC. The Morgan fingerprint density at radius 2 is 1.78 bits per heavy atom. The predicted molar refractivity (Wildman–Crippen MR) is 68.9 cm³/mol. The van der Waals surface area contributed by atoms with Crippen LogP contribution >= 0.6 is 0 Å². The molecule has 1 N–H and O–H groups in total.